The zero-order valence-corrected chi connectivity index (χ0v) is 12.3. The quantitative estimate of drug-likeness (QED) is 0.677. The van der Waals surface area contributed by atoms with Gasteiger partial charge in [0.2, 0.25) is 0 Å². The highest BCUT2D eigenvalue weighted by atomic mass is 79.9. The highest BCUT2D eigenvalue weighted by Crippen LogP contribution is 2.25. The number of hydrogen-bond donors (Lipinski definition) is 1. The van der Waals surface area contributed by atoms with Gasteiger partial charge in [-0.25, -0.2) is 0 Å². The molecule has 18 heavy (non-hydrogen) atoms. The maximum Gasteiger partial charge on any atom is 0.306 e. The van der Waals surface area contributed by atoms with Crippen molar-refractivity contribution >= 4 is 37.0 Å². The van der Waals surface area contributed by atoms with Crippen molar-refractivity contribution in [1.29, 1.82) is 0 Å². The van der Waals surface area contributed by atoms with Gasteiger partial charge in [0.05, 0.1) is 6.26 Å². The molecule has 1 aromatic carbocycles. The molecule has 6 heteroatoms. The van der Waals surface area contributed by atoms with Gasteiger partial charge in [-0.05, 0) is 36.6 Å². The normalized spacial score (nSPS) is 11.9. The number of aromatic amines is 1. The van der Waals surface area contributed by atoms with E-state index in [0.29, 0.717) is 5.75 Å². The summed E-state index contributed by atoms with van der Waals surface area (Å²) in [4.78, 5) is 3.17. The number of fused-ring (bicyclic) bond motifs is 1. The van der Waals surface area contributed by atoms with Crippen molar-refractivity contribution in [2.75, 3.05) is 11.6 Å². The van der Waals surface area contributed by atoms with E-state index in [1.807, 2.05) is 12.3 Å². The highest BCUT2D eigenvalue weighted by Gasteiger charge is 2.08. The number of aryl methyl sites for hydroxylation is 1. The molecule has 0 radical (unpaired) electrons. The summed E-state index contributed by atoms with van der Waals surface area (Å²) in [7, 11) is -3.48. The summed E-state index contributed by atoms with van der Waals surface area (Å²) in [6, 6.07) is 5.23. The van der Waals surface area contributed by atoms with Crippen LogP contribution in [0.5, 0.6) is 5.75 Å². The zero-order chi connectivity index (χ0) is 13.2. The number of hydrogen-bond acceptors (Lipinski definition) is 3. The molecule has 0 spiro atoms. The van der Waals surface area contributed by atoms with Crippen molar-refractivity contribution < 1.29 is 12.6 Å². The molecule has 4 nitrogen and oxygen atoms in total. The number of H-pyrrole nitrogens is 1. The SMILES string of the molecule is CS(=O)(=O)Oc1ccc2[nH]cc(CCCBr)c2c1. The number of halogens is 1. The third kappa shape index (κ3) is 3.26. The van der Waals surface area contributed by atoms with Gasteiger partial charge < -0.3 is 9.17 Å². The van der Waals surface area contributed by atoms with E-state index in [9.17, 15) is 8.42 Å². The van der Waals surface area contributed by atoms with Crippen LogP contribution in [0.1, 0.15) is 12.0 Å². The van der Waals surface area contributed by atoms with E-state index in [1.54, 1.807) is 12.1 Å². The molecule has 0 aliphatic rings. The first kappa shape index (κ1) is 13.4. The second kappa shape index (κ2) is 5.32. The Bertz CT molecular complexity index is 648. The summed E-state index contributed by atoms with van der Waals surface area (Å²) in [5, 5.41) is 1.95. The van der Waals surface area contributed by atoms with Crippen molar-refractivity contribution in [3.8, 4) is 5.75 Å². The van der Waals surface area contributed by atoms with Crippen LogP contribution in [-0.4, -0.2) is 25.0 Å². The van der Waals surface area contributed by atoms with E-state index in [0.717, 1.165) is 35.3 Å². The molecule has 98 valence electrons. The van der Waals surface area contributed by atoms with Crippen LogP contribution >= 0.6 is 15.9 Å². The summed E-state index contributed by atoms with van der Waals surface area (Å²) in [5.74, 6) is 0.352. The predicted octanol–water partition coefficient (Wildman–Crippen LogP) is 2.83. The number of rotatable bonds is 5. The summed E-state index contributed by atoms with van der Waals surface area (Å²) in [6.45, 7) is 0. The van der Waals surface area contributed by atoms with Gasteiger partial charge in [0.15, 0.2) is 0 Å². The van der Waals surface area contributed by atoms with Crippen LogP contribution in [0.2, 0.25) is 0 Å². The third-order valence-corrected chi connectivity index (χ3v) is 3.62. The van der Waals surface area contributed by atoms with Gasteiger partial charge in [-0.2, -0.15) is 8.42 Å². The topological polar surface area (TPSA) is 59.2 Å². The fraction of sp³-hybridized carbons (Fsp3) is 0.333. The summed E-state index contributed by atoms with van der Waals surface area (Å²) >= 11 is 3.40. The van der Waals surface area contributed by atoms with Crippen LogP contribution in [0.3, 0.4) is 0 Å². The minimum absolute atomic E-state index is 0.352. The van der Waals surface area contributed by atoms with Gasteiger partial charge in [-0.15, -0.1) is 0 Å². The second-order valence-electron chi connectivity index (χ2n) is 4.10. The molecule has 0 aliphatic carbocycles. The first-order chi connectivity index (χ1) is 8.49. The summed E-state index contributed by atoms with van der Waals surface area (Å²) in [6.07, 6.45) is 4.97. The lowest BCUT2D eigenvalue weighted by Gasteiger charge is -2.03. The molecular weight excluding hydrogens is 318 g/mol. The Hall–Kier alpha value is -1.01. The Kier molecular flexibility index (Phi) is 3.97. The molecular formula is C12H14BrNO3S. The van der Waals surface area contributed by atoms with Gasteiger partial charge >= 0.3 is 10.1 Å². The predicted molar refractivity (Wildman–Crippen MR) is 75.9 cm³/mol. The molecule has 0 amide bonds. The van der Waals surface area contributed by atoms with Gasteiger partial charge in [0, 0.05) is 22.4 Å². The van der Waals surface area contributed by atoms with Gasteiger partial charge in [-0.1, -0.05) is 15.9 Å². The zero-order valence-electron chi connectivity index (χ0n) is 9.94. The van der Waals surface area contributed by atoms with Gasteiger partial charge in [0.25, 0.3) is 0 Å². The fourth-order valence-electron chi connectivity index (χ4n) is 1.85. The van der Waals surface area contributed by atoms with Gasteiger partial charge in [-0.3, -0.25) is 0 Å². The molecule has 2 rings (SSSR count). The monoisotopic (exact) mass is 331 g/mol. The Balaban J connectivity index is 2.36. The lowest BCUT2D eigenvalue weighted by atomic mass is 10.1. The Morgan fingerprint density at radius 2 is 2.17 bits per heavy atom. The van der Waals surface area contributed by atoms with Crippen LogP contribution < -0.4 is 4.18 Å². The van der Waals surface area contributed by atoms with E-state index < -0.39 is 10.1 Å². The van der Waals surface area contributed by atoms with E-state index in [4.69, 9.17) is 4.18 Å². The Labute approximate surface area is 115 Å². The molecule has 1 heterocycles. The van der Waals surface area contributed by atoms with Crippen LogP contribution in [0.15, 0.2) is 24.4 Å². The molecule has 0 unspecified atom stereocenters. The molecule has 2 aromatic rings. The highest BCUT2D eigenvalue weighted by molar-refractivity contribution is 9.09. The standard InChI is InChI=1S/C12H14BrNO3S/c1-18(15,16)17-10-4-5-12-11(7-10)9(8-14-12)3-2-6-13/h4-5,7-8,14H,2-3,6H2,1H3. The minimum atomic E-state index is -3.48. The number of nitrogens with one attached hydrogen (secondary N) is 1. The first-order valence-electron chi connectivity index (χ1n) is 5.55. The van der Waals surface area contributed by atoms with Crippen LogP contribution in [0.25, 0.3) is 10.9 Å². The minimum Gasteiger partial charge on any atom is -0.383 e. The molecule has 1 N–H and O–H groups in total. The van der Waals surface area contributed by atoms with Crippen LogP contribution in [0, 0.1) is 0 Å². The molecule has 1 aromatic heterocycles. The molecule has 0 saturated heterocycles. The lowest BCUT2D eigenvalue weighted by Crippen LogP contribution is -2.05. The van der Waals surface area contributed by atoms with E-state index in [-0.39, 0.29) is 0 Å². The summed E-state index contributed by atoms with van der Waals surface area (Å²) < 4.78 is 27.1. The van der Waals surface area contributed by atoms with Crippen LogP contribution in [0.4, 0.5) is 0 Å². The average molecular weight is 332 g/mol. The maximum absolute atomic E-state index is 11.1. The molecule has 0 aliphatic heterocycles. The first-order valence-corrected chi connectivity index (χ1v) is 8.49. The molecule has 0 saturated carbocycles. The average Bonchev–Trinajstić information content (AvgIpc) is 2.67. The molecule has 0 fully saturated rings. The number of aromatic nitrogens is 1. The second-order valence-corrected chi connectivity index (χ2v) is 6.47. The van der Waals surface area contributed by atoms with E-state index >= 15 is 0 Å². The number of alkyl halides is 1. The largest absolute Gasteiger partial charge is 0.383 e. The van der Waals surface area contributed by atoms with Crippen molar-refractivity contribution in [1.82, 2.24) is 4.98 Å². The van der Waals surface area contributed by atoms with Crippen LogP contribution in [-0.2, 0) is 16.5 Å². The van der Waals surface area contributed by atoms with E-state index in [1.165, 1.54) is 5.56 Å². The third-order valence-electron chi connectivity index (χ3n) is 2.57. The fourth-order valence-corrected chi connectivity index (χ4v) is 2.58. The smallest absolute Gasteiger partial charge is 0.306 e. The molecule has 0 atom stereocenters. The molecule has 0 bridgehead atoms. The van der Waals surface area contributed by atoms with Crippen molar-refractivity contribution in [3.05, 3.63) is 30.0 Å². The maximum atomic E-state index is 11.1. The van der Waals surface area contributed by atoms with Gasteiger partial charge in [0.1, 0.15) is 5.75 Å². The van der Waals surface area contributed by atoms with Crippen molar-refractivity contribution in [2.24, 2.45) is 0 Å². The summed E-state index contributed by atoms with van der Waals surface area (Å²) in [5.41, 5.74) is 2.16. The Morgan fingerprint density at radius 1 is 1.39 bits per heavy atom. The van der Waals surface area contributed by atoms with Crippen molar-refractivity contribution in [2.45, 2.75) is 12.8 Å². The van der Waals surface area contributed by atoms with E-state index in [2.05, 4.69) is 20.9 Å². The van der Waals surface area contributed by atoms with Crippen molar-refractivity contribution in [3.63, 3.8) is 0 Å². The lowest BCUT2D eigenvalue weighted by molar-refractivity contribution is 0.493. The number of benzene rings is 1. The Morgan fingerprint density at radius 3 is 2.83 bits per heavy atom.